The molecule has 0 saturated carbocycles. The number of nitrogens with two attached hydrogens (primary N) is 1. The number of carboxylic acids is 1. The summed E-state index contributed by atoms with van der Waals surface area (Å²) in [6.07, 6.45) is 1.22. The molecule has 1 amide bonds. The van der Waals surface area contributed by atoms with E-state index >= 15 is 0 Å². The number of carboxylic acid groups (broad SMARTS) is 1. The largest absolute Gasteiger partial charge is 0.478 e. The maximum Gasteiger partial charge on any atom is 0.335 e. The predicted octanol–water partition coefficient (Wildman–Crippen LogP) is 1.25. The number of aromatic carboxylic acids is 1. The molecule has 0 bridgehead atoms. The minimum absolute atomic E-state index is 0.0920. The number of carbonyl (C=O) groups is 2. The Labute approximate surface area is 118 Å². The fraction of sp³-hybridized carbons (Fsp3) is 0.467. The van der Waals surface area contributed by atoms with Gasteiger partial charge in [-0.1, -0.05) is 13.0 Å². The van der Waals surface area contributed by atoms with E-state index in [1.807, 2.05) is 13.0 Å². The van der Waals surface area contributed by atoms with Gasteiger partial charge in [-0.15, -0.1) is 0 Å². The summed E-state index contributed by atoms with van der Waals surface area (Å²) in [6, 6.07) is 5.14. The highest BCUT2D eigenvalue weighted by Gasteiger charge is 2.22. The second kappa shape index (κ2) is 6.05. The van der Waals surface area contributed by atoms with Gasteiger partial charge >= 0.3 is 5.97 Å². The van der Waals surface area contributed by atoms with Crippen LogP contribution in [0.5, 0.6) is 0 Å². The van der Waals surface area contributed by atoms with Gasteiger partial charge in [0.1, 0.15) is 0 Å². The molecule has 5 heteroatoms. The van der Waals surface area contributed by atoms with Crippen LogP contribution in [-0.2, 0) is 17.8 Å². The average molecular weight is 276 g/mol. The summed E-state index contributed by atoms with van der Waals surface area (Å²) in [6.45, 7) is 3.64. The highest BCUT2D eigenvalue weighted by atomic mass is 16.4. The molecule has 0 spiro atoms. The molecule has 20 heavy (non-hydrogen) atoms. The zero-order valence-corrected chi connectivity index (χ0v) is 11.6. The van der Waals surface area contributed by atoms with E-state index in [9.17, 15) is 9.59 Å². The van der Waals surface area contributed by atoms with Crippen molar-refractivity contribution in [2.75, 3.05) is 13.1 Å². The van der Waals surface area contributed by atoms with Crippen LogP contribution in [0.4, 0.5) is 0 Å². The maximum absolute atomic E-state index is 12.2. The number of hydrogen-bond donors (Lipinski definition) is 2. The van der Waals surface area contributed by atoms with Crippen molar-refractivity contribution in [2.24, 2.45) is 11.7 Å². The molecule has 1 aromatic rings. The van der Waals surface area contributed by atoms with E-state index in [-0.39, 0.29) is 17.4 Å². The van der Waals surface area contributed by atoms with Gasteiger partial charge in [-0.05, 0) is 42.1 Å². The lowest BCUT2D eigenvalue weighted by molar-refractivity contribution is -0.132. The Morgan fingerprint density at radius 1 is 1.40 bits per heavy atom. The fourth-order valence-corrected chi connectivity index (χ4v) is 2.41. The first-order valence-electron chi connectivity index (χ1n) is 6.84. The Balaban J connectivity index is 2.11. The van der Waals surface area contributed by atoms with Crippen LogP contribution in [0.25, 0.3) is 0 Å². The lowest BCUT2D eigenvalue weighted by Crippen LogP contribution is -2.37. The second-order valence-corrected chi connectivity index (χ2v) is 5.40. The molecule has 1 aliphatic heterocycles. The van der Waals surface area contributed by atoms with Crippen molar-refractivity contribution < 1.29 is 14.7 Å². The standard InChI is InChI=1S/C15H20N2O3/c1-10(8-16)6-14(18)17-5-4-11-2-3-12(15(19)20)7-13(11)9-17/h2-3,7,10H,4-6,8-9,16H2,1H3,(H,19,20). The van der Waals surface area contributed by atoms with E-state index in [0.29, 0.717) is 26.1 Å². The molecule has 3 N–H and O–H groups in total. The van der Waals surface area contributed by atoms with Crippen molar-refractivity contribution in [1.29, 1.82) is 0 Å². The van der Waals surface area contributed by atoms with Gasteiger partial charge in [-0.25, -0.2) is 4.79 Å². The van der Waals surface area contributed by atoms with E-state index in [0.717, 1.165) is 17.5 Å². The van der Waals surface area contributed by atoms with Crippen molar-refractivity contribution in [3.8, 4) is 0 Å². The minimum atomic E-state index is -0.937. The highest BCUT2D eigenvalue weighted by Crippen LogP contribution is 2.21. The first-order chi connectivity index (χ1) is 9.51. The SMILES string of the molecule is CC(CN)CC(=O)N1CCc2ccc(C(=O)O)cc2C1. The minimum Gasteiger partial charge on any atom is -0.478 e. The van der Waals surface area contributed by atoms with Gasteiger partial charge in [-0.3, -0.25) is 4.79 Å². The summed E-state index contributed by atoms with van der Waals surface area (Å²) in [5.41, 5.74) is 7.88. The second-order valence-electron chi connectivity index (χ2n) is 5.40. The van der Waals surface area contributed by atoms with Crippen LogP contribution < -0.4 is 5.73 Å². The van der Waals surface area contributed by atoms with Crippen LogP contribution in [0.1, 0.15) is 34.8 Å². The van der Waals surface area contributed by atoms with Crippen LogP contribution in [0.15, 0.2) is 18.2 Å². The Hall–Kier alpha value is -1.88. The average Bonchev–Trinajstić information content (AvgIpc) is 2.45. The van der Waals surface area contributed by atoms with Crippen molar-refractivity contribution in [3.63, 3.8) is 0 Å². The molecule has 1 aliphatic rings. The summed E-state index contributed by atoms with van der Waals surface area (Å²) >= 11 is 0. The first kappa shape index (κ1) is 14.5. The Kier molecular flexibility index (Phi) is 4.39. The van der Waals surface area contributed by atoms with E-state index in [2.05, 4.69) is 0 Å². The molecule has 2 rings (SSSR count). The van der Waals surface area contributed by atoms with Crippen molar-refractivity contribution >= 4 is 11.9 Å². The van der Waals surface area contributed by atoms with Gasteiger partial charge in [0, 0.05) is 19.5 Å². The van der Waals surface area contributed by atoms with Gasteiger partial charge in [0.15, 0.2) is 0 Å². The summed E-state index contributed by atoms with van der Waals surface area (Å²) in [4.78, 5) is 24.9. The highest BCUT2D eigenvalue weighted by molar-refractivity contribution is 5.88. The summed E-state index contributed by atoms with van der Waals surface area (Å²) in [5.74, 6) is -0.670. The van der Waals surface area contributed by atoms with Gasteiger partial charge in [0.05, 0.1) is 5.56 Å². The number of amides is 1. The lowest BCUT2D eigenvalue weighted by Gasteiger charge is -2.30. The molecule has 1 unspecified atom stereocenters. The quantitative estimate of drug-likeness (QED) is 0.867. The van der Waals surface area contributed by atoms with Crippen molar-refractivity contribution in [2.45, 2.75) is 26.3 Å². The molecule has 1 heterocycles. The van der Waals surface area contributed by atoms with Crippen LogP contribution in [0, 0.1) is 5.92 Å². The summed E-state index contributed by atoms with van der Waals surface area (Å²) < 4.78 is 0. The van der Waals surface area contributed by atoms with Crippen LogP contribution in [0.2, 0.25) is 0 Å². The molecule has 5 nitrogen and oxygen atoms in total. The number of hydrogen-bond acceptors (Lipinski definition) is 3. The molecule has 0 aromatic heterocycles. The van der Waals surface area contributed by atoms with Gasteiger partial charge in [0.25, 0.3) is 0 Å². The van der Waals surface area contributed by atoms with Gasteiger partial charge in [0.2, 0.25) is 5.91 Å². The third kappa shape index (κ3) is 3.17. The van der Waals surface area contributed by atoms with Gasteiger partial charge in [-0.2, -0.15) is 0 Å². The third-order valence-electron chi connectivity index (χ3n) is 3.74. The molecule has 1 aromatic carbocycles. The van der Waals surface area contributed by atoms with E-state index < -0.39 is 5.97 Å². The molecule has 0 aliphatic carbocycles. The monoisotopic (exact) mass is 276 g/mol. The molecular weight excluding hydrogens is 256 g/mol. The number of carbonyl (C=O) groups excluding carboxylic acids is 1. The smallest absolute Gasteiger partial charge is 0.335 e. The lowest BCUT2D eigenvalue weighted by atomic mass is 9.96. The molecule has 108 valence electrons. The number of benzene rings is 1. The first-order valence-corrected chi connectivity index (χ1v) is 6.84. The van der Waals surface area contributed by atoms with E-state index in [1.165, 1.54) is 0 Å². The maximum atomic E-state index is 12.2. The number of fused-ring (bicyclic) bond motifs is 1. The molecule has 0 radical (unpaired) electrons. The predicted molar refractivity (Wildman–Crippen MR) is 75.4 cm³/mol. The third-order valence-corrected chi connectivity index (χ3v) is 3.74. The number of nitrogens with zero attached hydrogens (tertiary/aromatic N) is 1. The Bertz CT molecular complexity index is 528. The molecular formula is C15H20N2O3. The van der Waals surface area contributed by atoms with Crippen LogP contribution in [-0.4, -0.2) is 35.0 Å². The van der Waals surface area contributed by atoms with Gasteiger partial charge < -0.3 is 15.7 Å². The molecule has 0 saturated heterocycles. The molecule has 1 atom stereocenters. The van der Waals surface area contributed by atoms with Crippen LogP contribution >= 0.6 is 0 Å². The van der Waals surface area contributed by atoms with Crippen molar-refractivity contribution in [3.05, 3.63) is 34.9 Å². The zero-order chi connectivity index (χ0) is 14.7. The van der Waals surface area contributed by atoms with E-state index in [1.54, 1.807) is 17.0 Å². The van der Waals surface area contributed by atoms with Crippen molar-refractivity contribution in [1.82, 2.24) is 4.90 Å². The van der Waals surface area contributed by atoms with E-state index in [4.69, 9.17) is 10.8 Å². The number of rotatable bonds is 4. The summed E-state index contributed by atoms with van der Waals surface area (Å²) in [5, 5.41) is 9.02. The topological polar surface area (TPSA) is 83.6 Å². The normalized spacial score (nSPS) is 15.6. The Morgan fingerprint density at radius 3 is 2.80 bits per heavy atom. The fourth-order valence-electron chi connectivity index (χ4n) is 2.41. The van der Waals surface area contributed by atoms with Crippen LogP contribution in [0.3, 0.4) is 0 Å². The molecule has 0 fully saturated rings. The summed E-state index contributed by atoms with van der Waals surface area (Å²) in [7, 11) is 0. The zero-order valence-electron chi connectivity index (χ0n) is 11.6. The Morgan fingerprint density at radius 2 is 2.15 bits per heavy atom.